The highest BCUT2D eigenvalue weighted by Crippen LogP contribution is 2.28. The van der Waals surface area contributed by atoms with Crippen LogP contribution < -0.4 is 11.1 Å². The van der Waals surface area contributed by atoms with Crippen molar-refractivity contribution in [1.29, 1.82) is 0 Å². The lowest BCUT2D eigenvalue weighted by molar-refractivity contribution is 0.100. The minimum atomic E-state index is -0.525. The van der Waals surface area contributed by atoms with Crippen LogP contribution in [0.5, 0.6) is 0 Å². The van der Waals surface area contributed by atoms with Gasteiger partial charge in [-0.05, 0) is 36.8 Å². The molecule has 0 fully saturated rings. The second kappa shape index (κ2) is 6.54. The number of pyridine rings is 1. The number of amides is 1. The first-order valence-corrected chi connectivity index (χ1v) is 6.86. The van der Waals surface area contributed by atoms with Crippen LogP contribution in [0.25, 0.3) is 0 Å². The summed E-state index contributed by atoms with van der Waals surface area (Å²) in [4.78, 5) is 15.3. The predicted molar refractivity (Wildman–Crippen MR) is 80.8 cm³/mol. The summed E-state index contributed by atoms with van der Waals surface area (Å²) >= 11 is 6.12. The number of nitrogens with one attached hydrogen (secondary N) is 1. The summed E-state index contributed by atoms with van der Waals surface area (Å²) in [6.45, 7) is 1.97. The quantitative estimate of drug-likeness (QED) is 0.888. The smallest absolute Gasteiger partial charge is 0.248 e. The predicted octanol–water partition coefficient (Wildman–Crippen LogP) is 3.54. The number of rotatable bonds is 5. The van der Waals surface area contributed by atoms with Crippen molar-refractivity contribution in [1.82, 2.24) is 4.98 Å². The van der Waals surface area contributed by atoms with Gasteiger partial charge in [0.25, 0.3) is 0 Å². The average Bonchev–Trinajstić information content (AvgIpc) is 2.47. The fraction of sp³-hybridized carbons (Fsp3) is 0.200. The summed E-state index contributed by atoms with van der Waals surface area (Å²) in [6, 6.07) is 7.58. The van der Waals surface area contributed by atoms with Crippen molar-refractivity contribution in [2.45, 2.75) is 19.4 Å². The largest absolute Gasteiger partial charge is 0.375 e. The number of carbonyl (C=O) groups is 1. The van der Waals surface area contributed by atoms with Crippen LogP contribution in [0.1, 0.15) is 35.4 Å². The monoisotopic (exact) mass is 307 g/mol. The van der Waals surface area contributed by atoms with Gasteiger partial charge in [0.1, 0.15) is 5.82 Å². The minimum absolute atomic E-state index is 0.147. The summed E-state index contributed by atoms with van der Waals surface area (Å²) < 4.78 is 12.9. The van der Waals surface area contributed by atoms with Crippen LogP contribution in [0.4, 0.5) is 10.1 Å². The van der Waals surface area contributed by atoms with E-state index in [1.54, 1.807) is 24.3 Å². The first-order valence-electron chi connectivity index (χ1n) is 6.48. The second-order valence-corrected chi connectivity index (χ2v) is 4.97. The summed E-state index contributed by atoms with van der Waals surface area (Å²) in [6.07, 6.45) is 1.89. The molecule has 0 aliphatic rings. The highest BCUT2D eigenvalue weighted by Gasteiger charge is 2.14. The summed E-state index contributed by atoms with van der Waals surface area (Å²) in [5.41, 5.74) is 6.91. The number of primary amides is 1. The molecule has 21 heavy (non-hydrogen) atoms. The Morgan fingerprint density at radius 3 is 2.76 bits per heavy atom. The maximum absolute atomic E-state index is 12.9. The molecule has 1 aromatic heterocycles. The van der Waals surface area contributed by atoms with Gasteiger partial charge in [-0.15, -0.1) is 0 Å². The molecule has 2 rings (SSSR count). The Kier molecular flexibility index (Phi) is 4.75. The van der Waals surface area contributed by atoms with E-state index in [0.29, 0.717) is 22.0 Å². The standard InChI is InChI=1S/C15H15ClFN3O/c1-2-12(13-6-4-10(17)8-19-13)20-14-7-9(15(18)21)3-5-11(14)16/h3-8,12,20H,2H2,1H3,(H2,18,21). The van der Waals surface area contributed by atoms with Gasteiger partial charge in [0.2, 0.25) is 5.91 Å². The van der Waals surface area contributed by atoms with Crippen molar-refractivity contribution in [3.8, 4) is 0 Å². The SMILES string of the molecule is CCC(Nc1cc(C(N)=O)ccc1Cl)c1ccc(F)cn1. The fourth-order valence-electron chi connectivity index (χ4n) is 1.96. The molecule has 6 heteroatoms. The zero-order chi connectivity index (χ0) is 15.4. The summed E-state index contributed by atoms with van der Waals surface area (Å²) in [7, 11) is 0. The maximum Gasteiger partial charge on any atom is 0.248 e. The number of carbonyl (C=O) groups excluding carboxylic acids is 1. The second-order valence-electron chi connectivity index (χ2n) is 4.57. The summed E-state index contributed by atoms with van der Waals surface area (Å²) in [5.74, 6) is -0.912. The van der Waals surface area contributed by atoms with Crippen molar-refractivity contribution in [3.05, 3.63) is 58.6 Å². The molecule has 0 radical (unpaired) electrons. The Balaban J connectivity index is 2.28. The number of halogens is 2. The molecule has 1 aromatic carbocycles. The zero-order valence-corrected chi connectivity index (χ0v) is 12.2. The Morgan fingerprint density at radius 2 is 2.19 bits per heavy atom. The number of hydrogen-bond acceptors (Lipinski definition) is 3. The highest BCUT2D eigenvalue weighted by atomic mass is 35.5. The molecule has 1 amide bonds. The number of anilines is 1. The van der Waals surface area contributed by atoms with E-state index >= 15 is 0 Å². The van der Waals surface area contributed by atoms with Crippen molar-refractivity contribution in [2.24, 2.45) is 5.73 Å². The third-order valence-corrected chi connectivity index (χ3v) is 3.43. The first-order chi connectivity index (χ1) is 10.0. The van der Waals surface area contributed by atoms with Crippen LogP contribution in [-0.2, 0) is 0 Å². The number of hydrogen-bond donors (Lipinski definition) is 2. The van der Waals surface area contributed by atoms with E-state index in [-0.39, 0.29) is 11.9 Å². The van der Waals surface area contributed by atoms with Crippen LogP contribution in [0.3, 0.4) is 0 Å². The Labute approximate surface area is 127 Å². The van der Waals surface area contributed by atoms with Crippen LogP contribution in [0.15, 0.2) is 36.5 Å². The minimum Gasteiger partial charge on any atom is -0.375 e. The van der Waals surface area contributed by atoms with E-state index in [2.05, 4.69) is 10.3 Å². The molecule has 1 unspecified atom stereocenters. The third-order valence-electron chi connectivity index (χ3n) is 3.10. The summed E-state index contributed by atoms with van der Waals surface area (Å²) in [5, 5.41) is 3.68. The van der Waals surface area contributed by atoms with Gasteiger partial charge in [0.15, 0.2) is 0 Å². The Hall–Kier alpha value is -2.14. The van der Waals surface area contributed by atoms with Crippen molar-refractivity contribution in [3.63, 3.8) is 0 Å². The van der Waals surface area contributed by atoms with E-state index in [9.17, 15) is 9.18 Å². The fourth-order valence-corrected chi connectivity index (χ4v) is 2.13. The molecule has 0 bridgehead atoms. The van der Waals surface area contributed by atoms with E-state index in [4.69, 9.17) is 17.3 Å². The van der Waals surface area contributed by atoms with Crippen LogP contribution in [0, 0.1) is 5.82 Å². The van der Waals surface area contributed by atoms with Gasteiger partial charge in [-0.25, -0.2) is 4.39 Å². The van der Waals surface area contributed by atoms with Gasteiger partial charge >= 0.3 is 0 Å². The van der Waals surface area contributed by atoms with Gasteiger partial charge in [0, 0.05) is 5.56 Å². The van der Waals surface area contributed by atoms with Crippen molar-refractivity contribution < 1.29 is 9.18 Å². The molecule has 1 atom stereocenters. The molecule has 4 nitrogen and oxygen atoms in total. The molecular formula is C15H15ClFN3O. The van der Waals surface area contributed by atoms with Gasteiger partial charge < -0.3 is 11.1 Å². The number of nitrogens with two attached hydrogens (primary N) is 1. The number of aromatic nitrogens is 1. The van der Waals surface area contributed by atoms with E-state index in [0.717, 1.165) is 6.42 Å². The molecule has 0 spiro atoms. The third kappa shape index (κ3) is 3.70. The zero-order valence-electron chi connectivity index (χ0n) is 11.4. The lowest BCUT2D eigenvalue weighted by atomic mass is 10.1. The van der Waals surface area contributed by atoms with Crippen molar-refractivity contribution >= 4 is 23.2 Å². The van der Waals surface area contributed by atoms with E-state index in [1.807, 2.05) is 6.92 Å². The molecule has 1 heterocycles. The molecule has 3 N–H and O–H groups in total. The molecule has 0 saturated carbocycles. The first kappa shape index (κ1) is 15.3. The van der Waals surface area contributed by atoms with Crippen LogP contribution in [-0.4, -0.2) is 10.9 Å². The average molecular weight is 308 g/mol. The Morgan fingerprint density at radius 1 is 1.43 bits per heavy atom. The van der Waals surface area contributed by atoms with Crippen LogP contribution in [0.2, 0.25) is 5.02 Å². The molecular weight excluding hydrogens is 293 g/mol. The van der Waals surface area contributed by atoms with Gasteiger partial charge in [-0.2, -0.15) is 0 Å². The van der Waals surface area contributed by atoms with Crippen LogP contribution >= 0.6 is 11.6 Å². The molecule has 0 saturated heterocycles. The van der Waals surface area contributed by atoms with E-state index in [1.165, 1.54) is 12.3 Å². The Bertz CT molecular complexity index is 646. The van der Waals surface area contributed by atoms with Gasteiger partial charge in [-0.1, -0.05) is 18.5 Å². The number of benzene rings is 1. The lowest BCUT2D eigenvalue weighted by Crippen LogP contribution is -2.14. The normalized spacial score (nSPS) is 12.0. The van der Waals surface area contributed by atoms with Gasteiger partial charge in [-0.3, -0.25) is 9.78 Å². The van der Waals surface area contributed by atoms with Crippen molar-refractivity contribution in [2.75, 3.05) is 5.32 Å². The molecule has 110 valence electrons. The molecule has 2 aromatic rings. The van der Waals surface area contributed by atoms with E-state index < -0.39 is 5.91 Å². The topological polar surface area (TPSA) is 68.0 Å². The maximum atomic E-state index is 12.9. The number of nitrogens with zero attached hydrogens (tertiary/aromatic N) is 1. The van der Waals surface area contributed by atoms with Gasteiger partial charge in [0.05, 0.1) is 28.6 Å². The molecule has 0 aliphatic heterocycles. The lowest BCUT2D eigenvalue weighted by Gasteiger charge is -2.19. The highest BCUT2D eigenvalue weighted by molar-refractivity contribution is 6.33. The molecule has 0 aliphatic carbocycles.